The minimum Gasteiger partial charge on any atom is -0.444 e. The molecule has 33 heavy (non-hydrogen) atoms. The summed E-state index contributed by atoms with van der Waals surface area (Å²) in [5.74, 6) is -0.0649. The van der Waals surface area contributed by atoms with Crippen LogP contribution in [0.1, 0.15) is 44.4 Å². The van der Waals surface area contributed by atoms with Crippen LogP contribution >= 0.6 is 0 Å². The van der Waals surface area contributed by atoms with Crippen LogP contribution in [0.25, 0.3) is 11.1 Å². The fourth-order valence-corrected chi connectivity index (χ4v) is 5.19. The average Bonchev–Trinajstić information content (AvgIpc) is 3.33. The van der Waals surface area contributed by atoms with Crippen molar-refractivity contribution in [1.29, 1.82) is 0 Å². The summed E-state index contributed by atoms with van der Waals surface area (Å²) < 4.78 is 5.77. The number of fused-ring (bicyclic) bond motifs is 2. The largest absolute Gasteiger partial charge is 0.444 e. The number of amides is 2. The first-order chi connectivity index (χ1) is 15.8. The number of anilines is 1. The molecule has 2 aliphatic rings. The van der Waals surface area contributed by atoms with Crippen molar-refractivity contribution in [3.8, 4) is 11.1 Å². The smallest absolute Gasteiger partial charge is 0.410 e. The fourth-order valence-electron chi connectivity index (χ4n) is 5.19. The molecule has 1 N–H and O–H groups in total. The van der Waals surface area contributed by atoms with Gasteiger partial charge in [-0.3, -0.25) is 9.69 Å². The molecule has 168 valence electrons. The van der Waals surface area contributed by atoms with Gasteiger partial charge in [0.15, 0.2) is 0 Å². The van der Waals surface area contributed by atoms with E-state index in [0.29, 0.717) is 13.0 Å². The van der Waals surface area contributed by atoms with Gasteiger partial charge in [0, 0.05) is 12.2 Å². The van der Waals surface area contributed by atoms with E-state index in [9.17, 15) is 9.59 Å². The molecule has 3 aromatic rings. The summed E-state index contributed by atoms with van der Waals surface area (Å²) in [5.41, 5.74) is 3.33. The topological polar surface area (TPSA) is 58.6 Å². The summed E-state index contributed by atoms with van der Waals surface area (Å²) in [4.78, 5) is 28.6. The number of carbonyl (C=O) groups excluding carboxylic acids is 2. The van der Waals surface area contributed by atoms with E-state index in [1.807, 2.05) is 75.4 Å². The maximum absolute atomic E-state index is 13.6. The van der Waals surface area contributed by atoms with Crippen molar-refractivity contribution in [2.45, 2.75) is 44.2 Å². The number of ether oxygens (including phenoxy) is 1. The van der Waals surface area contributed by atoms with Gasteiger partial charge in [-0.25, -0.2) is 4.79 Å². The third-order valence-corrected chi connectivity index (χ3v) is 6.52. The van der Waals surface area contributed by atoms with Crippen LogP contribution in [0.4, 0.5) is 10.5 Å². The van der Waals surface area contributed by atoms with E-state index in [1.165, 1.54) is 0 Å². The third kappa shape index (κ3) is 3.58. The Kier molecular flexibility index (Phi) is 5.00. The van der Waals surface area contributed by atoms with Gasteiger partial charge in [-0.2, -0.15) is 0 Å². The predicted molar refractivity (Wildman–Crippen MR) is 129 cm³/mol. The number of nitrogens with zero attached hydrogens (tertiary/aromatic N) is 1. The summed E-state index contributed by atoms with van der Waals surface area (Å²) >= 11 is 0. The monoisotopic (exact) mass is 440 g/mol. The van der Waals surface area contributed by atoms with Crippen LogP contribution in [-0.2, 0) is 14.9 Å². The van der Waals surface area contributed by atoms with Gasteiger partial charge >= 0.3 is 6.09 Å². The van der Waals surface area contributed by atoms with Crippen molar-refractivity contribution in [2.24, 2.45) is 0 Å². The Bertz CT molecular complexity index is 1220. The highest BCUT2D eigenvalue weighted by Crippen LogP contribution is 2.55. The number of hydrogen-bond acceptors (Lipinski definition) is 3. The van der Waals surface area contributed by atoms with Gasteiger partial charge in [0.2, 0.25) is 5.91 Å². The van der Waals surface area contributed by atoms with Crippen molar-refractivity contribution >= 4 is 17.7 Å². The van der Waals surface area contributed by atoms with Gasteiger partial charge in [-0.15, -0.1) is 0 Å². The van der Waals surface area contributed by atoms with Crippen molar-refractivity contribution in [2.75, 3.05) is 11.9 Å². The molecule has 0 saturated carbocycles. The molecule has 5 rings (SSSR count). The molecule has 0 bridgehead atoms. The minimum atomic E-state index is -0.858. The molecule has 2 heterocycles. The minimum absolute atomic E-state index is 0.0649. The number of nitrogens with one attached hydrogen (secondary N) is 1. The summed E-state index contributed by atoms with van der Waals surface area (Å²) in [6, 6.07) is 25.6. The summed E-state index contributed by atoms with van der Waals surface area (Å²) in [6.07, 6.45) is 0.140. The predicted octanol–water partition coefficient (Wildman–Crippen LogP) is 5.93. The van der Waals surface area contributed by atoms with Crippen molar-refractivity contribution in [3.63, 3.8) is 0 Å². The van der Waals surface area contributed by atoms with Crippen LogP contribution in [0.3, 0.4) is 0 Å². The van der Waals surface area contributed by atoms with Crippen LogP contribution < -0.4 is 5.32 Å². The van der Waals surface area contributed by atoms with Crippen LogP contribution in [0.15, 0.2) is 78.9 Å². The second-order valence-corrected chi connectivity index (χ2v) is 9.79. The van der Waals surface area contributed by atoms with Gasteiger partial charge in [0.25, 0.3) is 0 Å². The lowest BCUT2D eigenvalue weighted by Crippen LogP contribution is -2.44. The summed E-state index contributed by atoms with van der Waals surface area (Å²) in [6.45, 7) is 6.02. The molecule has 2 amide bonds. The first-order valence-electron chi connectivity index (χ1n) is 11.4. The Labute approximate surface area is 194 Å². The Balaban J connectivity index is 1.66. The Hall–Kier alpha value is -3.60. The zero-order valence-corrected chi connectivity index (χ0v) is 19.2. The standard InChI is InChI=1S/C28H28N2O3/c1-27(2,3)33-26(32)30-17-16-28(22-14-7-8-15-23(22)29-25(28)31)24(30)21-13-9-12-20(18-21)19-10-5-4-6-11-19/h4-15,18,24H,16-17H2,1-3H3,(H,29,31). The number of carbonyl (C=O) groups is 2. The van der Waals surface area contributed by atoms with E-state index < -0.39 is 23.2 Å². The van der Waals surface area contributed by atoms with E-state index in [1.54, 1.807) is 4.90 Å². The highest BCUT2D eigenvalue weighted by Gasteiger charge is 2.59. The highest BCUT2D eigenvalue weighted by molar-refractivity contribution is 6.07. The Morgan fingerprint density at radius 2 is 1.67 bits per heavy atom. The fraction of sp³-hybridized carbons (Fsp3) is 0.286. The molecule has 0 aliphatic carbocycles. The molecule has 1 fully saturated rings. The van der Waals surface area contributed by atoms with Crippen molar-refractivity contribution in [3.05, 3.63) is 90.0 Å². The number of hydrogen-bond donors (Lipinski definition) is 1. The molecule has 0 radical (unpaired) electrons. The zero-order valence-electron chi connectivity index (χ0n) is 19.2. The third-order valence-electron chi connectivity index (χ3n) is 6.52. The van der Waals surface area contributed by atoms with E-state index >= 15 is 0 Å². The maximum Gasteiger partial charge on any atom is 0.410 e. The normalized spacial score (nSPS) is 21.7. The van der Waals surface area contributed by atoms with Gasteiger partial charge in [0.05, 0.1) is 6.04 Å². The molecule has 1 spiro atoms. The Morgan fingerprint density at radius 3 is 2.42 bits per heavy atom. The Morgan fingerprint density at radius 1 is 0.970 bits per heavy atom. The van der Waals surface area contributed by atoms with Crippen LogP contribution in [-0.4, -0.2) is 29.0 Å². The lowest BCUT2D eigenvalue weighted by Gasteiger charge is -2.35. The molecule has 2 aliphatic heterocycles. The second-order valence-electron chi connectivity index (χ2n) is 9.79. The van der Waals surface area contributed by atoms with Gasteiger partial charge < -0.3 is 10.1 Å². The lowest BCUT2D eigenvalue weighted by molar-refractivity contribution is -0.121. The first-order valence-corrected chi connectivity index (χ1v) is 11.4. The number of para-hydroxylation sites is 1. The highest BCUT2D eigenvalue weighted by atomic mass is 16.6. The molecule has 5 heteroatoms. The van der Waals surface area contributed by atoms with E-state index in [0.717, 1.165) is 27.9 Å². The molecule has 2 unspecified atom stereocenters. The zero-order chi connectivity index (χ0) is 23.2. The average molecular weight is 441 g/mol. The molecular weight excluding hydrogens is 412 g/mol. The van der Waals surface area contributed by atoms with Crippen molar-refractivity contribution in [1.82, 2.24) is 4.90 Å². The molecule has 1 saturated heterocycles. The molecule has 5 nitrogen and oxygen atoms in total. The number of rotatable bonds is 2. The van der Waals surface area contributed by atoms with Gasteiger partial charge in [0.1, 0.15) is 11.0 Å². The quantitative estimate of drug-likeness (QED) is 0.538. The maximum atomic E-state index is 13.6. The summed E-state index contributed by atoms with van der Waals surface area (Å²) in [7, 11) is 0. The van der Waals surface area contributed by atoms with E-state index in [-0.39, 0.29) is 5.91 Å². The molecule has 2 atom stereocenters. The van der Waals surface area contributed by atoms with Crippen LogP contribution in [0, 0.1) is 0 Å². The summed E-state index contributed by atoms with van der Waals surface area (Å²) in [5, 5.41) is 3.07. The SMILES string of the molecule is CC(C)(C)OC(=O)N1CCC2(C(=O)Nc3ccccc32)C1c1cccc(-c2ccccc2)c1. The van der Waals surface area contributed by atoms with Crippen molar-refractivity contribution < 1.29 is 14.3 Å². The van der Waals surface area contributed by atoms with Gasteiger partial charge in [-0.05, 0) is 61.6 Å². The second kappa shape index (κ2) is 7.77. The lowest BCUT2D eigenvalue weighted by atomic mass is 9.72. The van der Waals surface area contributed by atoms with E-state index in [2.05, 4.69) is 29.6 Å². The van der Waals surface area contributed by atoms with E-state index in [4.69, 9.17) is 4.74 Å². The molecular formula is C28H28N2O3. The number of likely N-dealkylation sites (tertiary alicyclic amines) is 1. The van der Waals surface area contributed by atoms with Crippen LogP contribution in [0.2, 0.25) is 0 Å². The first kappa shape index (κ1) is 21.3. The molecule has 3 aromatic carbocycles. The van der Waals surface area contributed by atoms with Gasteiger partial charge in [-0.1, -0.05) is 66.7 Å². The van der Waals surface area contributed by atoms with Crippen LogP contribution in [0.5, 0.6) is 0 Å². The number of benzene rings is 3. The molecule has 0 aromatic heterocycles.